The molecule has 1 aliphatic heterocycles. The van der Waals surface area contributed by atoms with Gasteiger partial charge in [0.05, 0.1) is 23.6 Å². The molecule has 7 heteroatoms. The van der Waals surface area contributed by atoms with Crippen molar-refractivity contribution in [1.82, 2.24) is 4.98 Å². The number of carbonyl (C=O) groups is 2. The highest BCUT2D eigenvalue weighted by Crippen LogP contribution is 2.44. The molecule has 0 saturated carbocycles. The highest BCUT2D eigenvalue weighted by molar-refractivity contribution is 6.51. The van der Waals surface area contributed by atoms with Gasteiger partial charge in [-0.25, -0.2) is 0 Å². The zero-order chi connectivity index (χ0) is 23.7. The normalized spacial score (nSPS) is 17.4. The maximum Gasteiger partial charge on any atom is 0.300 e. The fourth-order valence-electron chi connectivity index (χ4n) is 3.99. The first-order chi connectivity index (χ1) is 15.8. The molecule has 0 bridgehead atoms. The molecule has 0 aliphatic carbocycles. The third kappa shape index (κ3) is 3.93. The summed E-state index contributed by atoms with van der Waals surface area (Å²) in [6.07, 6.45) is 1.55. The van der Waals surface area contributed by atoms with E-state index in [9.17, 15) is 19.8 Å². The Labute approximate surface area is 191 Å². The van der Waals surface area contributed by atoms with Gasteiger partial charge in [0, 0.05) is 11.8 Å². The second kappa shape index (κ2) is 8.78. The van der Waals surface area contributed by atoms with Gasteiger partial charge in [0.1, 0.15) is 23.3 Å². The van der Waals surface area contributed by atoms with Crippen molar-refractivity contribution in [2.24, 2.45) is 0 Å². The third-order valence-electron chi connectivity index (χ3n) is 5.55. The van der Waals surface area contributed by atoms with E-state index in [1.165, 1.54) is 11.0 Å². The van der Waals surface area contributed by atoms with Gasteiger partial charge in [-0.15, -0.1) is 0 Å². The number of aryl methyl sites for hydroxylation is 2. The minimum absolute atomic E-state index is 0.0943. The number of hydrogen-bond donors (Lipinski definition) is 2. The predicted molar refractivity (Wildman–Crippen MR) is 124 cm³/mol. The van der Waals surface area contributed by atoms with E-state index in [2.05, 4.69) is 4.98 Å². The molecule has 4 rings (SSSR count). The number of ketones is 1. The van der Waals surface area contributed by atoms with Crippen LogP contribution in [0.2, 0.25) is 0 Å². The molecular weight excluding hydrogens is 420 g/mol. The molecule has 2 aromatic carbocycles. The summed E-state index contributed by atoms with van der Waals surface area (Å²) >= 11 is 0. The Morgan fingerprint density at radius 3 is 2.55 bits per heavy atom. The quantitative estimate of drug-likeness (QED) is 0.343. The number of rotatable bonds is 5. The minimum atomic E-state index is -1.01. The summed E-state index contributed by atoms with van der Waals surface area (Å²) in [6, 6.07) is 14.0. The molecule has 1 atom stereocenters. The molecule has 0 radical (unpaired) electrons. The number of benzene rings is 2. The van der Waals surface area contributed by atoms with Crippen molar-refractivity contribution in [3.63, 3.8) is 0 Å². The minimum Gasteiger partial charge on any atom is -0.507 e. The van der Waals surface area contributed by atoms with Gasteiger partial charge < -0.3 is 14.9 Å². The van der Waals surface area contributed by atoms with Crippen molar-refractivity contribution in [3.8, 4) is 11.5 Å². The van der Waals surface area contributed by atoms with E-state index in [1.807, 2.05) is 20.8 Å². The number of aliphatic hydroxyl groups is 1. The number of amides is 1. The fraction of sp³-hybridized carbons (Fsp3) is 0.192. The SMILES string of the molecule is CCOc1ccc(/C(O)=C2/C(=O)C(=O)N(c3cc(C)ccc3O)C2c2ccccn2)cc1C. The highest BCUT2D eigenvalue weighted by Gasteiger charge is 2.48. The Bertz CT molecular complexity index is 1270. The smallest absolute Gasteiger partial charge is 0.300 e. The van der Waals surface area contributed by atoms with Gasteiger partial charge in [0.25, 0.3) is 11.7 Å². The van der Waals surface area contributed by atoms with E-state index in [0.717, 1.165) is 11.1 Å². The number of phenolic OH excluding ortho intramolecular Hbond substituents is 1. The van der Waals surface area contributed by atoms with E-state index in [1.54, 1.807) is 54.7 Å². The topological polar surface area (TPSA) is 100.0 Å². The first-order valence-corrected chi connectivity index (χ1v) is 10.6. The summed E-state index contributed by atoms with van der Waals surface area (Å²) in [5.74, 6) is -1.50. The van der Waals surface area contributed by atoms with Crippen molar-refractivity contribution in [2.75, 3.05) is 11.5 Å². The standard InChI is InChI=1S/C26H24N2O5/c1-4-33-21-11-9-17(14-16(21)3)24(30)22-23(18-7-5-6-12-27-18)28(26(32)25(22)31)19-13-15(2)8-10-20(19)29/h5-14,23,29-30H,4H2,1-3H3/b24-22-. The van der Waals surface area contributed by atoms with Crippen LogP contribution in [0, 0.1) is 13.8 Å². The van der Waals surface area contributed by atoms with Crippen LogP contribution in [0.1, 0.15) is 35.3 Å². The van der Waals surface area contributed by atoms with Gasteiger partial charge in [0.15, 0.2) is 0 Å². The number of ether oxygens (including phenoxy) is 1. The maximum absolute atomic E-state index is 13.2. The molecule has 1 saturated heterocycles. The van der Waals surface area contributed by atoms with Crippen LogP contribution in [0.4, 0.5) is 5.69 Å². The second-order valence-electron chi connectivity index (χ2n) is 7.83. The van der Waals surface area contributed by atoms with E-state index in [-0.39, 0.29) is 22.8 Å². The number of aromatic hydroxyl groups is 1. The molecule has 1 amide bonds. The number of pyridine rings is 1. The molecule has 0 spiro atoms. The largest absolute Gasteiger partial charge is 0.507 e. The van der Waals surface area contributed by atoms with Gasteiger partial charge >= 0.3 is 0 Å². The summed E-state index contributed by atoms with van der Waals surface area (Å²) in [6.45, 7) is 6.03. The van der Waals surface area contributed by atoms with Crippen LogP contribution in [0.25, 0.3) is 5.76 Å². The molecular formula is C26H24N2O5. The Balaban J connectivity index is 1.93. The molecule has 168 valence electrons. The van der Waals surface area contributed by atoms with Gasteiger partial charge in [-0.05, 0) is 74.4 Å². The molecule has 2 heterocycles. The van der Waals surface area contributed by atoms with Crippen LogP contribution in [0.5, 0.6) is 11.5 Å². The molecule has 3 aromatic rings. The number of aliphatic hydroxyl groups excluding tert-OH is 1. The molecule has 1 aliphatic rings. The number of nitrogens with zero attached hydrogens (tertiary/aromatic N) is 2. The van der Waals surface area contributed by atoms with Crippen molar-refractivity contribution in [3.05, 3.63) is 88.8 Å². The van der Waals surface area contributed by atoms with Crippen molar-refractivity contribution in [1.29, 1.82) is 0 Å². The lowest BCUT2D eigenvalue weighted by molar-refractivity contribution is -0.132. The molecule has 7 nitrogen and oxygen atoms in total. The number of aromatic nitrogens is 1. The van der Waals surface area contributed by atoms with Crippen LogP contribution in [-0.4, -0.2) is 33.5 Å². The third-order valence-corrected chi connectivity index (χ3v) is 5.55. The Kier molecular flexibility index (Phi) is 5.87. The zero-order valence-corrected chi connectivity index (χ0v) is 18.6. The van der Waals surface area contributed by atoms with E-state index in [0.29, 0.717) is 23.6 Å². The summed E-state index contributed by atoms with van der Waals surface area (Å²) in [4.78, 5) is 31.9. The molecule has 1 fully saturated rings. The van der Waals surface area contributed by atoms with Crippen molar-refractivity contribution in [2.45, 2.75) is 26.8 Å². The van der Waals surface area contributed by atoms with Gasteiger partial charge in [-0.1, -0.05) is 12.1 Å². The van der Waals surface area contributed by atoms with Gasteiger partial charge in [-0.3, -0.25) is 19.5 Å². The first kappa shape index (κ1) is 22.1. The van der Waals surface area contributed by atoms with Crippen LogP contribution in [0.15, 0.2) is 66.4 Å². The zero-order valence-electron chi connectivity index (χ0n) is 18.6. The van der Waals surface area contributed by atoms with E-state index in [4.69, 9.17) is 4.74 Å². The summed E-state index contributed by atoms with van der Waals surface area (Å²) in [7, 11) is 0. The average Bonchev–Trinajstić information content (AvgIpc) is 3.07. The Morgan fingerprint density at radius 1 is 1.09 bits per heavy atom. The van der Waals surface area contributed by atoms with E-state index < -0.39 is 17.7 Å². The number of carbonyl (C=O) groups excluding carboxylic acids is 2. The summed E-state index contributed by atoms with van der Waals surface area (Å²) in [5.41, 5.74) is 2.43. The maximum atomic E-state index is 13.2. The molecule has 1 unspecified atom stereocenters. The second-order valence-corrected chi connectivity index (χ2v) is 7.83. The number of anilines is 1. The van der Waals surface area contributed by atoms with Crippen LogP contribution in [0.3, 0.4) is 0 Å². The number of hydrogen-bond acceptors (Lipinski definition) is 6. The van der Waals surface area contributed by atoms with Crippen LogP contribution >= 0.6 is 0 Å². The highest BCUT2D eigenvalue weighted by atomic mass is 16.5. The average molecular weight is 444 g/mol. The lowest BCUT2D eigenvalue weighted by Crippen LogP contribution is -2.30. The Morgan fingerprint density at radius 2 is 1.88 bits per heavy atom. The van der Waals surface area contributed by atoms with Crippen LogP contribution in [-0.2, 0) is 9.59 Å². The monoisotopic (exact) mass is 444 g/mol. The molecule has 2 N–H and O–H groups in total. The van der Waals surface area contributed by atoms with Crippen LogP contribution < -0.4 is 9.64 Å². The first-order valence-electron chi connectivity index (χ1n) is 10.6. The summed E-state index contributed by atoms with van der Waals surface area (Å²) in [5, 5.41) is 21.7. The number of Topliss-reactive ketones (excluding diaryl/α,β-unsaturated/α-hetero) is 1. The lowest BCUT2D eigenvalue weighted by Gasteiger charge is -2.25. The predicted octanol–water partition coefficient (Wildman–Crippen LogP) is 4.43. The fourth-order valence-corrected chi connectivity index (χ4v) is 3.99. The van der Waals surface area contributed by atoms with E-state index >= 15 is 0 Å². The van der Waals surface area contributed by atoms with Crippen molar-refractivity contribution < 1.29 is 24.5 Å². The number of phenols is 1. The van der Waals surface area contributed by atoms with Crippen molar-refractivity contribution >= 4 is 23.1 Å². The summed E-state index contributed by atoms with van der Waals surface area (Å²) < 4.78 is 5.56. The van der Waals surface area contributed by atoms with Gasteiger partial charge in [0.2, 0.25) is 0 Å². The molecule has 33 heavy (non-hydrogen) atoms. The lowest BCUT2D eigenvalue weighted by atomic mass is 9.97. The Hall–Kier alpha value is -4.13. The van der Waals surface area contributed by atoms with Gasteiger partial charge in [-0.2, -0.15) is 0 Å². The molecule has 1 aromatic heterocycles.